The van der Waals surface area contributed by atoms with Gasteiger partial charge in [0, 0.05) is 18.0 Å². The van der Waals surface area contributed by atoms with E-state index in [-0.39, 0.29) is 37.3 Å². The summed E-state index contributed by atoms with van der Waals surface area (Å²) in [5.41, 5.74) is 7.53. The average Bonchev–Trinajstić information content (AvgIpc) is 3.31. The van der Waals surface area contributed by atoms with Crippen molar-refractivity contribution in [3.8, 4) is 16.9 Å². The summed E-state index contributed by atoms with van der Waals surface area (Å²) in [6.07, 6.45) is -0.947. The number of nitrogens with zero attached hydrogens (tertiary/aromatic N) is 1. The highest BCUT2D eigenvalue weighted by molar-refractivity contribution is 6.03. The summed E-state index contributed by atoms with van der Waals surface area (Å²) >= 11 is 0. The summed E-state index contributed by atoms with van der Waals surface area (Å²) in [7, 11) is 0. The number of carbonyl (C=O) groups is 4. The van der Waals surface area contributed by atoms with Crippen LogP contribution in [0.4, 0.5) is 4.79 Å². The van der Waals surface area contributed by atoms with Crippen molar-refractivity contribution < 1.29 is 38.1 Å². The Balaban J connectivity index is 1.28. The van der Waals surface area contributed by atoms with Crippen molar-refractivity contribution in [2.75, 3.05) is 19.9 Å². The predicted molar refractivity (Wildman–Crippen MR) is 170 cm³/mol. The van der Waals surface area contributed by atoms with Crippen molar-refractivity contribution in [2.45, 2.75) is 40.7 Å². The third-order valence-corrected chi connectivity index (χ3v) is 7.70. The summed E-state index contributed by atoms with van der Waals surface area (Å²) in [5.74, 6) is -1.04. The number of ether oxygens (including phenoxy) is 4. The van der Waals surface area contributed by atoms with Crippen LogP contribution in [0.15, 0.2) is 83.9 Å². The zero-order chi connectivity index (χ0) is 33.3. The first-order chi connectivity index (χ1) is 21.8. The molecule has 0 spiro atoms. The van der Waals surface area contributed by atoms with Crippen LogP contribution in [0, 0.1) is 16.7 Å². The molecule has 0 aliphatic carbocycles. The minimum atomic E-state index is -1.05. The van der Waals surface area contributed by atoms with Gasteiger partial charge in [-0.1, -0.05) is 66.7 Å². The molecule has 1 heterocycles. The first kappa shape index (κ1) is 33.7. The lowest BCUT2D eigenvalue weighted by atomic mass is 9.77. The molecule has 242 valence electrons. The Bertz CT molecular complexity index is 1560. The Morgan fingerprint density at radius 3 is 2.17 bits per heavy atom. The van der Waals surface area contributed by atoms with Crippen LogP contribution in [0.1, 0.15) is 45.2 Å². The van der Waals surface area contributed by atoms with Gasteiger partial charge >= 0.3 is 18.0 Å². The molecule has 1 aliphatic rings. The van der Waals surface area contributed by atoms with Crippen LogP contribution >= 0.6 is 0 Å². The monoisotopic (exact) mass is 629 g/mol. The SMILES string of the molecule is CC(C)(C)C(=O)OCOC(=O)CC1(C)C(=O)NCC1COc1ccc(-c2ccc(C(N)=NC(=O)OCc3ccccc3)cc2)cc1. The van der Waals surface area contributed by atoms with Crippen molar-refractivity contribution in [2.24, 2.45) is 27.5 Å². The number of esters is 2. The standard InChI is InChI=1S/C35H39N3O8/c1-34(2,3)32(41)46-22-45-29(39)18-35(4)27(19-37-31(35)40)21-43-28-16-14-25(15-17-28)24-10-12-26(13-11-24)30(36)38-33(42)44-20-23-8-6-5-7-9-23/h5-17,27H,18-22H2,1-4H3,(H,37,40)(H2,36,38,42). The van der Waals surface area contributed by atoms with E-state index in [9.17, 15) is 19.2 Å². The minimum absolute atomic E-state index is 0.0532. The molecule has 2 atom stereocenters. The van der Waals surface area contributed by atoms with Crippen LogP contribution in [0.3, 0.4) is 0 Å². The third kappa shape index (κ3) is 8.93. The molecule has 2 amide bonds. The van der Waals surface area contributed by atoms with E-state index in [2.05, 4.69) is 10.3 Å². The van der Waals surface area contributed by atoms with E-state index in [4.69, 9.17) is 24.7 Å². The number of nitrogens with one attached hydrogen (secondary N) is 1. The highest BCUT2D eigenvalue weighted by Crippen LogP contribution is 2.37. The molecule has 1 aliphatic heterocycles. The van der Waals surface area contributed by atoms with E-state index in [1.54, 1.807) is 39.8 Å². The second kappa shape index (κ2) is 14.7. The lowest BCUT2D eigenvalue weighted by Gasteiger charge is -2.27. The number of amidine groups is 1. The molecule has 0 bridgehead atoms. The van der Waals surface area contributed by atoms with Crippen LogP contribution < -0.4 is 15.8 Å². The molecule has 0 radical (unpaired) electrons. The van der Waals surface area contributed by atoms with E-state index >= 15 is 0 Å². The zero-order valence-electron chi connectivity index (χ0n) is 26.4. The molecule has 3 aromatic rings. The Morgan fingerprint density at radius 2 is 1.54 bits per heavy atom. The van der Waals surface area contributed by atoms with E-state index in [0.29, 0.717) is 17.9 Å². The van der Waals surface area contributed by atoms with Gasteiger partial charge in [-0.2, -0.15) is 4.99 Å². The topological polar surface area (TPSA) is 156 Å². The van der Waals surface area contributed by atoms with Gasteiger partial charge in [-0.15, -0.1) is 0 Å². The van der Waals surface area contributed by atoms with Gasteiger partial charge in [0.1, 0.15) is 18.2 Å². The highest BCUT2D eigenvalue weighted by atomic mass is 16.7. The molecule has 4 rings (SSSR count). The number of carbonyl (C=O) groups excluding carboxylic acids is 4. The van der Waals surface area contributed by atoms with Gasteiger partial charge in [0.2, 0.25) is 12.7 Å². The maximum atomic E-state index is 12.7. The number of nitrogens with two attached hydrogens (primary N) is 1. The van der Waals surface area contributed by atoms with Crippen molar-refractivity contribution in [1.82, 2.24) is 5.32 Å². The van der Waals surface area contributed by atoms with Crippen molar-refractivity contribution in [1.29, 1.82) is 0 Å². The molecule has 0 saturated carbocycles. The number of benzene rings is 3. The highest BCUT2D eigenvalue weighted by Gasteiger charge is 2.48. The number of hydrogen-bond acceptors (Lipinski definition) is 8. The smallest absolute Gasteiger partial charge is 0.435 e. The fourth-order valence-electron chi connectivity index (χ4n) is 4.70. The Labute approximate surface area is 268 Å². The quantitative estimate of drug-likeness (QED) is 0.129. The first-order valence-electron chi connectivity index (χ1n) is 14.8. The largest absolute Gasteiger partial charge is 0.493 e. The van der Waals surface area contributed by atoms with E-state index in [1.807, 2.05) is 66.7 Å². The van der Waals surface area contributed by atoms with Gasteiger partial charge in [-0.3, -0.25) is 14.4 Å². The maximum absolute atomic E-state index is 12.7. The first-order valence-corrected chi connectivity index (χ1v) is 14.8. The number of amides is 2. The molecule has 0 aromatic heterocycles. The number of hydrogen-bond donors (Lipinski definition) is 2. The van der Waals surface area contributed by atoms with Gasteiger partial charge in [0.15, 0.2) is 0 Å². The van der Waals surface area contributed by atoms with Crippen LogP contribution in [0.5, 0.6) is 5.75 Å². The van der Waals surface area contributed by atoms with Crippen molar-refractivity contribution in [3.63, 3.8) is 0 Å². The Morgan fingerprint density at radius 1 is 0.913 bits per heavy atom. The molecule has 1 fully saturated rings. The van der Waals surface area contributed by atoms with Gasteiger partial charge < -0.3 is 30.0 Å². The van der Waals surface area contributed by atoms with Crippen LogP contribution in [0.25, 0.3) is 11.1 Å². The number of aliphatic imine (C=N–C) groups is 1. The second-order valence-corrected chi connectivity index (χ2v) is 12.3. The van der Waals surface area contributed by atoms with E-state index in [1.165, 1.54) is 0 Å². The maximum Gasteiger partial charge on any atom is 0.435 e. The lowest BCUT2D eigenvalue weighted by Crippen LogP contribution is -2.37. The molecule has 3 N–H and O–H groups in total. The lowest BCUT2D eigenvalue weighted by molar-refractivity contribution is -0.175. The Hall–Kier alpha value is -5.19. The summed E-state index contributed by atoms with van der Waals surface area (Å²) in [6, 6.07) is 24.0. The zero-order valence-corrected chi connectivity index (χ0v) is 26.4. The molecule has 46 heavy (non-hydrogen) atoms. The van der Waals surface area contributed by atoms with E-state index < -0.39 is 35.7 Å². The summed E-state index contributed by atoms with van der Waals surface area (Å²) in [6.45, 7) is 6.93. The third-order valence-electron chi connectivity index (χ3n) is 7.70. The summed E-state index contributed by atoms with van der Waals surface area (Å²) < 4.78 is 21.2. The number of rotatable bonds is 11. The second-order valence-electron chi connectivity index (χ2n) is 12.3. The fraction of sp³-hybridized carbons (Fsp3) is 0.343. The molecule has 11 nitrogen and oxygen atoms in total. The normalized spacial score (nSPS) is 18.0. The fourth-order valence-corrected chi connectivity index (χ4v) is 4.70. The summed E-state index contributed by atoms with van der Waals surface area (Å²) in [4.78, 5) is 53.0. The van der Waals surface area contributed by atoms with Crippen LogP contribution in [-0.4, -0.2) is 49.7 Å². The molecule has 11 heteroatoms. The van der Waals surface area contributed by atoms with E-state index in [0.717, 1.165) is 16.7 Å². The van der Waals surface area contributed by atoms with Crippen LogP contribution in [0.2, 0.25) is 0 Å². The molecule has 3 aromatic carbocycles. The van der Waals surface area contributed by atoms with Crippen molar-refractivity contribution >= 4 is 29.8 Å². The molecular weight excluding hydrogens is 590 g/mol. The molecule has 1 saturated heterocycles. The van der Waals surface area contributed by atoms with Gasteiger partial charge in [-0.25, -0.2) is 4.79 Å². The van der Waals surface area contributed by atoms with Gasteiger partial charge in [0.25, 0.3) is 0 Å². The molecule has 2 unspecified atom stereocenters. The van der Waals surface area contributed by atoms with Gasteiger partial charge in [-0.05, 0) is 56.5 Å². The Kier molecular flexibility index (Phi) is 10.8. The summed E-state index contributed by atoms with van der Waals surface area (Å²) in [5, 5.41) is 2.81. The molecular formula is C35H39N3O8. The van der Waals surface area contributed by atoms with Crippen molar-refractivity contribution in [3.05, 3.63) is 90.0 Å². The minimum Gasteiger partial charge on any atom is -0.493 e. The predicted octanol–water partition coefficient (Wildman–Crippen LogP) is 5.01. The van der Waals surface area contributed by atoms with Gasteiger partial charge in [0.05, 0.1) is 23.9 Å². The van der Waals surface area contributed by atoms with Crippen LogP contribution in [-0.2, 0) is 35.2 Å². The average molecular weight is 630 g/mol.